The first-order chi connectivity index (χ1) is 11.0. The third-order valence-electron chi connectivity index (χ3n) is 3.99. The van der Waals surface area contributed by atoms with Crippen molar-refractivity contribution in [3.63, 3.8) is 0 Å². The first-order valence-corrected chi connectivity index (χ1v) is 8.43. The van der Waals surface area contributed by atoms with Gasteiger partial charge in [-0.25, -0.2) is 4.98 Å². The van der Waals surface area contributed by atoms with Crippen LogP contribution in [0, 0.1) is 0 Å². The minimum absolute atomic E-state index is 0.0442. The Balaban J connectivity index is 1.88. The lowest BCUT2D eigenvalue weighted by atomic mass is 10.1. The summed E-state index contributed by atoms with van der Waals surface area (Å²) in [7, 11) is 1.62. The standard InChI is InChI=1S/C14H20N6O2S/c1-3-11-18-20-12(21)5-9(17-14(20)23-11)7-19-6-8(15)4-10(19)13(22)16-2/h5,8,10H,3-4,6-7,15H2,1-2H3,(H,16,22)/t8-,10+/m1/s1. The zero-order chi connectivity index (χ0) is 16.6. The van der Waals surface area contributed by atoms with Crippen molar-refractivity contribution in [2.75, 3.05) is 13.6 Å². The summed E-state index contributed by atoms with van der Waals surface area (Å²) in [5, 5.41) is 7.77. The molecule has 1 aliphatic heterocycles. The molecule has 1 saturated heterocycles. The van der Waals surface area contributed by atoms with E-state index in [4.69, 9.17) is 5.73 Å². The van der Waals surface area contributed by atoms with Crippen molar-refractivity contribution in [3.8, 4) is 0 Å². The highest BCUT2D eigenvalue weighted by molar-refractivity contribution is 7.16. The number of carbonyl (C=O) groups is 1. The third-order valence-corrected chi connectivity index (χ3v) is 5.05. The van der Waals surface area contributed by atoms with Crippen LogP contribution in [0.2, 0.25) is 0 Å². The minimum atomic E-state index is -0.275. The van der Waals surface area contributed by atoms with Crippen molar-refractivity contribution in [2.24, 2.45) is 5.73 Å². The van der Waals surface area contributed by atoms with E-state index in [-0.39, 0.29) is 23.6 Å². The van der Waals surface area contributed by atoms with E-state index in [2.05, 4.69) is 15.4 Å². The number of likely N-dealkylation sites (N-methyl/N-ethyl adjacent to an activating group) is 1. The molecular weight excluding hydrogens is 316 g/mol. The van der Waals surface area contributed by atoms with Crippen LogP contribution in [0.15, 0.2) is 10.9 Å². The molecule has 8 nitrogen and oxygen atoms in total. The lowest BCUT2D eigenvalue weighted by Gasteiger charge is -2.22. The molecule has 0 aromatic carbocycles. The SMILES string of the molecule is CCc1nn2c(=O)cc(CN3C[C@H](N)C[C@H]3C(=O)NC)nc2s1. The average molecular weight is 336 g/mol. The molecule has 1 amide bonds. The summed E-state index contributed by atoms with van der Waals surface area (Å²) in [4.78, 5) is 31.2. The first-order valence-electron chi connectivity index (χ1n) is 7.61. The van der Waals surface area contributed by atoms with Crippen LogP contribution in [0.3, 0.4) is 0 Å². The molecule has 0 aliphatic carbocycles. The van der Waals surface area contributed by atoms with Gasteiger partial charge in [-0.3, -0.25) is 14.5 Å². The van der Waals surface area contributed by atoms with Crippen LogP contribution in [-0.4, -0.2) is 51.1 Å². The van der Waals surface area contributed by atoms with Gasteiger partial charge in [0.1, 0.15) is 5.01 Å². The number of hydrogen-bond acceptors (Lipinski definition) is 7. The topological polar surface area (TPSA) is 106 Å². The van der Waals surface area contributed by atoms with Gasteiger partial charge in [0.05, 0.1) is 11.7 Å². The zero-order valence-corrected chi connectivity index (χ0v) is 14.0. The van der Waals surface area contributed by atoms with Gasteiger partial charge in [-0.05, 0) is 12.8 Å². The van der Waals surface area contributed by atoms with E-state index in [1.807, 2.05) is 11.8 Å². The molecule has 0 spiro atoms. The number of hydrogen-bond donors (Lipinski definition) is 2. The number of aryl methyl sites for hydroxylation is 1. The van der Waals surface area contributed by atoms with Crippen molar-refractivity contribution >= 4 is 22.2 Å². The summed E-state index contributed by atoms with van der Waals surface area (Å²) >= 11 is 1.41. The summed E-state index contributed by atoms with van der Waals surface area (Å²) in [6.45, 7) is 3.03. The van der Waals surface area contributed by atoms with E-state index >= 15 is 0 Å². The Labute approximate surface area is 137 Å². The second-order valence-corrected chi connectivity index (χ2v) is 6.73. The second-order valence-electron chi connectivity index (χ2n) is 5.68. The molecule has 3 heterocycles. The Kier molecular flexibility index (Phi) is 4.42. The van der Waals surface area contributed by atoms with Crippen molar-refractivity contribution in [3.05, 3.63) is 27.1 Å². The summed E-state index contributed by atoms with van der Waals surface area (Å²) in [5.41, 5.74) is 6.44. The minimum Gasteiger partial charge on any atom is -0.358 e. The fourth-order valence-electron chi connectivity index (χ4n) is 2.88. The maximum atomic E-state index is 12.2. The number of nitrogens with zero attached hydrogens (tertiary/aromatic N) is 4. The maximum absolute atomic E-state index is 12.2. The molecule has 9 heteroatoms. The molecule has 124 valence electrons. The molecule has 0 unspecified atom stereocenters. The van der Waals surface area contributed by atoms with Gasteiger partial charge in [-0.1, -0.05) is 18.3 Å². The van der Waals surface area contributed by atoms with Crippen molar-refractivity contribution in [2.45, 2.75) is 38.4 Å². The van der Waals surface area contributed by atoms with Gasteiger partial charge in [0, 0.05) is 32.2 Å². The molecule has 1 fully saturated rings. The maximum Gasteiger partial charge on any atom is 0.275 e. The molecule has 2 aromatic rings. The number of carbonyl (C=O) groups excluding carboxylic acids is 1. The number of nitrogens with one attached hydrogen (secondary N) is 1. The number of aromatic nitrogens is 3. The predicted octanol–water partition coefficient (Wildman–Crippen LogP) is -0.639. The molecule has 0 bridgehead atoms. The van der Waals surface area contributed by atoms with Crippen LogP contribution >= 0.6 is 11.3 Å². The monoisotopic (exact) mass is 336 g/mol. The molecule has 2 aromatic heterocycles. The fraction of sp³-hybridized carbons (Fsp3) is 0.571. The Hall–Kier alpha value is -1.84. The Morgan fingerprint density at radius 3 is 3.04 bits per heavy atom. The molecular formula is C14H20N6O2S. The van der Waals surface area contributed by atoms with Crippen LogP contribution in [0.4, 0.5) is 0 Å². The van der Waals surface area contributed by atoms with Gasteiger partial charge in [-0.2, -0.15) is 9.61 Å². The van der Waals surface area contributed by atoms with E-state index in [1.165, 1.54) is 21.9 Å². The zero-order valence-electron chi connectivity index (χ0n) is 13.2. The number of fused-ring (bicyclic) bond motifs is 1. The van der Waals surface area contributed by atoms with Gasteiger partial charge in [-0.15, -0.1) is 0 Å². The van der Waals surface area contributed by atoms with Crippen molar-refractivity contribution < 1.29 is 4.79 Å². The quantitative estimate of drug-likeness (QED) is 0.769. The molecule has 0 saturated carbocycles. The highest BCUT2D eigenvalue weighted by atomic mass is 32.1. The van der Waals surface area contributed by atoms with Crippen molar-refractivity contribution in [1.29, 1.82) is 0 Å². The van der Waals surface area contributed by atoms with Gasteiger partial charge in [0.15, 0.2) is 0 Å². The van der Waals surface area contributed by atoms with E-state index in [9.17, 15) is 9.59 Å². The Bertz CT molecular complexity index is 785. The first kappa shape index (κ1) is 16.0. The smallest absolute Gasteiger partial charge is 0.275 e. The summed E-state index contributed by atoms with van der Waals surface area (Å²) in [6.07, 6.45) is 1.38. The predicted molar refractivity (Wildman–Crippen MR) is 87.4 cm³/mol. The van der Waals surface area contributed by atoms with Gasteiger partial charge >= 0.3 is 0 Å². The normalized spacial score (nSPS) is 21.9. The summed E-state index contributed by atoms with van der Waals surface area (Å²) in [6, 6.07) is 1.16. The number of likely N-dealkylation sites (tertiary alicyclic amines) is 1. The highest BCUT2D eigenvalue weighted by Crippen LogP contribution is 2.19. The van der Waals surface area contributed by atoms with Gasteiger partial charge in [0.25, 0.3) is 5.56 Å². The third kappa shape index (κ3) is 3.12. The molecule has 2 atom stereocenters. The van der Waals surface area contributed by atoms with Crippen LogP contribution < -0.4 is 16.6 Å². The second kappa shape index (κ2) is 6.34. The number of amides is 1. The largest absolute Gasteiger partial charge is 0.358 e. The lowest BCUT2D eigenvalue weighted by Crippen LogP contribution is -2.41. The van der Waals surface area contributed by atoms with E-state index in [0.717, 1.165) is 11.4 Å². The van der Waals surface area contributed by atoms with Crippen molar-refractivity contribution in [1.82, 2.24) is 24.8 Å². The molecule has 3 rings (SSSR count). The van der Waals surface area contributed by atoms with E-state index in [0.29, 0.717) is 30.2 Å². The number of nitrogens with two attached hydrogens (primary N) is 1. The molecule has 3 N–H and O–H groups in total. The van der Waals surface area contributed by atoms with Crippen LogP contribution in [0.1, 0.15) is 24.0 Å². The Morgan fingerprint density at radius 1 is 1.57 bits per heavy atom. The summed E-state index contributed by atoms with van der Waals surface area (Å²) in [5.74, 6) is -0.0539. The highest BCUT2D eigenvalue weighted by Gasteiger charge is 2.34. The van der Waals surface area contributed by atoms with E-state index in [1.54, 1.807) is 7.05 Å². The van der Waals surface area contributed by atoms with Crippen LogP contribution in [0.5, 0.6) is 0 Å². The average Bonchev–Trinajstić information content (AvgIpc) is 3.10. The lowest BCUT2D eigenvalue weighted by molar-refractivity contribution is -0.125. The Morgan fingerprint density at radius 2 is 2.35 bits per heavy atom. The molecule has 1 aliphatic rings. The number of rotatable bonds is 4. The van der Waals surface area contributed by atoms with Gasteiger partial charge in [0.2, 0.25) is 10.9 Å². The van der Waals surface area contributed by atoms with Crippen LogP contribution in [-0.2, 0) is 17.8 Å². The summed E-state index contributed by atoms with van der Waals surface area (Å²) < 4.78 is 1.33. The molecule has 23 heavy (non-hydrogen) atoms. The molecule has 0 radical (unpaired) electrons. The van der Waals surface area contributed by atoms with Crippen LogP contribution in [0.25, 0.3) is 4.96 Å². The van der Waals surface area contributed by atoms with E-state index < -0.39 is 0 Å². The van der Waals surface area contributed by atoms with Gasteiger partial charge < -0.3 is 11.1 Å². The fourth-order valence-corrected chi connectivity index (χ4v) is 3.74.